The van der Waals surface area contributed by atoms with Crippen LogP contribution < -0.4 is 11.3 Å². The molecule has 116 valence electrons. The second kappa shape index (κ2) is 6.85. The molecule has 1 aliphatic rings. The summed E-state index contributed by atoms with van der Waals surface area (Å²) in [6.45, 7) is 7.49. The number of anilines is 1. The topological polar surface area (TPSA) is 84.1 Å². The lowest BCUT2D eigenvalue weighted by Gasteiger charge is -2.32. The van der Waals surface area contributed by atoms with E-state index in [2.05, 4.69) is 15.4 Å². The van der Waals surface area contributed by atoms with Crippen molar-refractivity contribution in [3.8, 4) is 0 Å². The molecule has 0 atom stereocenters. The third kappa shape index (κ3) is 3.50. The number of nitrogen functional groups attached to an aromatic ring is 1. The standard InChI is InChI=1S/C15H25N5O/c1-4-20(9-11-6-5-7-11)15(21)13-12(19-16)8-17-14(18-13)10(2)3/h8,10-11,19H,4-7,9,16H2,1-3H3. The van der Waals surface area contributed by atoms with E-state index in [0.717, 1.165) is 6.54 Å². The number of aromatic nitrogens is 2. The molecule has 0 aromatic carbocycles. The van der Waals surface area contributed by atoms with Gasteiger partial charge >= 0.3 is 0 Å². The lowest BCUT2D eigenvalue weighted by atomic mass is 9.85. The number of hydrazine groups is 1. The molecule has 1 saturated carbocycles. The van der Waals surface area contributed by atoms with Gasteiger partial charge in [0, 0.05) is 19.0 Å². The van der Waals surface area contributed by atoms with E-state index in [0.29, 0.717) is 29.7 Å². The van der Waals surface area contributed by atoms with Gasteiger partial charge in [-0.05, 0) is 25.7 Å². The molecular weight excluding hydrogens is 266 g/mol. The molecule has 1 heterocycles. The number of nitrogens with one attached hydrogen (secondary N) is 1. The lowest BCUT2D eigenvalue weighted by Crippen LogP contribution is -2.38. The number of rotatable bonds is 6. The van der Waals surface area contributed by atoms with Crippen molar-refractivity contribution in [3.63, 3.8) is 0 Å². The normalized spacial score (nSPS) is 14.9. The molecule has 0 spiro atoms. The highest BCUT2D eigenvalue weighted by Crippen LogP contribution is 2.28. The van der Waals surface area contributed by atoms with Crippen LogP contribution >= 0.6 is 0 Å². The van der Waals surface area contributed by atoms with Crippen molar-refractivity contribution in [2.45, 2.75) is 46.0 Å². The van der Waals surface area contributed by atoms with Gasteiger partial charge < -0.3 is 10.3 Å². The summed E-state index contributed by atoms with van der Waals surface area (Å²) in [7, 11) is 0. The fourth-order valence-corrected chi connectivity index (χ4v) is 2.43. The van der Waals surface area contributed by atoms with E-state index in [1.165, 1.54) is 19.3 Å². The summed E-state index contributed by atoms with van der Waals surface area (Å²) in [5.41, 5.74) is 3.39. The number of carbonyl (C=O) groups is 1. The first-order valence-electron chi connectivity index (χ1n) is 7.69. The maximum Gasteiger partial charge on any atom is 0.274 e. The summed E-state index contributed by atoms with van der Waals surface area (Å²) in [4.78, 5) is 23.3. The van der Waals surface area contributed by atoms with E-state index >= 15 is 0 Å². The highest BCUT2D eigenvalue weighted by Gasteiger charge is 2.26. The van der Waals surface area contributed by atoms with E-state index in [-0.39, 0.29) is 11.8 Å². The van der Waals surface area contributed by atoms with Crippen LogP contribution in [-0.2, 0) is 0 Å². The number of carbonyl (C=O) groups excluding carboxylic acids is 1. The summed E-state index contributed by atoms with van der Waals surface area (Å²) in [6.07, 6.45) is 5.30. The maximum atomic E-state index is 12.7. The van der Waals surface area contributed by atoms with Crippen LogP contribution in [-0.4, -0.2) is 33.9 Å². The van der Waals surface area contributed by atoms with Gasteiger partial charge in [-0.15, -0.1) is 0 Å². The van der Waals surface area contributed by atoms with Crippen LogP contribution in [0.5, 0.6) is 0 Å². The molecule has 0 saturated heterocycles. The highest BCUT2D eigenvalue weighted by atomic mass is 16.2. The van der Waals surface area contributed by atoms with Crippen molar-refractivity contribution in [2.24, 2.45) is 11.8 Å². The van der Waals surface area contributed by atoms with Gasteiger partial charge in [0.25, 0.3) is 5.91 Å². The molecule has 1 aliphatic carbocycles. The van der Waals surface area contributed by atoms with Crippen molar-refractivity contribution in [1.82, 2.24) is 14.9 Å². The third-order valence-corrected chi connectivity index (χ3v) is 4.05. The molecular formula is C15H25N5O. The third-order valence-electron chi connectivity index (χ3n) is 4.05. The van der Waals surface area contributed by atoms with Crippen LogP contribution in [0, 0.1) is 5.92 Å². The van der Waals surface area contributed by atoms with E-state index in [1.807, 2.05) is 25.7 Å². The Kier molecular flexibility index (Phi) is 5.12. The van der Waals surface area contributed by atoms with Gasteiger partial charge in [0.1, 0.15) is 5.82 Å². The molecule has 1 aromatic heterocycles. The van der Waals surface area contributed by atoms with Gasteiger partial charge in [-0.25, -0.2) is 9.97 Å². The molecule has 6 heteroatoms. The Morgan fingerprint density at radius 3 is 2.71 bits per heavy atom. The smallest absolute Gasteiger partial charge is 0.274 e. The van der Waals surface area contributed by atoms with Gasteiger partial charge in [-0.1, -0.05) is 20.3 Å². The second-order valence-electron chi connectivity index (χ2n) is 5.93. The Hall–Kier alpha value is -1.69. The van der Waals surface area contributed by atoms with Crippen molar-refractivity contribution in [3.05, 3.63) is 17.7 Å². The fourth-order valence-electron chi connectivity index (χ4n) is 2.43. The molecule has 0 bridgehead atoms. The molecule has 0 unspecified atom stereocenters. The molecule has 6 nitrogen and oxygen atoms in total. The SMILES string of the molecule is CCN(CC1CCC1)C(=O)c1nc(C(C)C)ncc1NN. The number of nitrogens with two attached hydrogens (primary N) is 1. The molecule has 1 fully saturated rings. The first-order valence-corrected chi connectivity index (χ1v) is 7.69. The Morgan fingerprint density at radius 2 is 2.24 bits per heavy atom. The van der Waals surface area contributed by atoms with Crippen molar-refractivity contribution >= 4 is 11.6 Å². The molecule has 0 radical (unpaired) electrons. The first-order chi connectivity index (χ1) is 10.1. The summed E-state index contributed by atoms with van der Waals surface area (Å²) in [6, 6.07) is 0. The van der Waals surface area contributed by atoms with Gasteiger partial charge in [0.2, 0.25) is 0 Å². The van der Waals surface area contributed by atoms with Gasteiger partial charge in [-0.3, -0.25) is 10.6 Å². The first kappa shape index (κ1) is 15.7. The number of hydrogen-bond acceptors (Lipinski definition) is 5. The summed E-state index contributed by atoms with van der Waals surface area (Å²) < 4.78 is 0. The zero-order chi connectivity index (χ0) is 15.4. The molecule has 1 aromatic rings. The quantitative estimate of drug-likeness (QED) is 0.619. The number of hydrogen-bond donors (Lipinski definition) is 2. The largest absolute Gasteiger partial charge is 0.337 e. The molecule has 1 amide bonds. The summed E-state index contributed by atoms with van der Waals surface area (Å²) in [5.74, 6) is 6.90. The minimum absolute atomic E-state index is 0.0679. The van der Waals surface area contributed by atoms with E-state index < -0.39 is 0 Å². The Labute approximate surface area is 126 Å². The molecule has 0 aliphatic heterocycles. The van der Waals surface area contributed by atoms with E-state index in [9.17, 15) is 4.79 Å². The van der Waals surface area contributed by atoms with Crippen LogP contribution in [0.3, 0.4) is 0 Å². The zero-order valence-corrected chi connectivity index (χ0v) is 13.1. The monoisotopic (exact) mass is 291 g/mol. The minimum Gasteiger partial charge on any atom is -0.337 e. The number of nitrogens with zero attached hydrogens (tertiary/aromatic N) is 3. The average molecular weight is 291 g/mol. The molecule has 2 rings (SSSR count). The molecule has 3 N–H and O–H groups in total. The minimum atomic E-state index is -0.0679. The zero-order valence-electron chi connectivity index (χ0n) is 13.1. The van der Waals surface area contributed by atoms with Crippen molar-refractivity contribution in [1.29, 1.82) is 0 Å². The summed E-state index contributed by atoms with van der Waals surface area (Å²) in [5, 5.41) is 0. The highest BCUT2D eigenvalue weighted by molar-refractivity contribution is 5.97. The Balaban J connectivity index is 2.23. The van der Waals surface area contributed by atoms with E-state index in [4.69, 9.17) is 5.84 Å². The second-order valence-corrected chi connectivity index (χ2v) is 5.93. The van der Waals surface area contributed by atoms with Gasteiger partial charge in [-0.2, -0.15) is 0 Å². The number of amides is 1. The van der Waals surface area contributed by atoms with Crippen LogP contribution in [0.25, 0.3) is 0 Å². The Morgan fingerprint density at radius 1 is 1.52 bits per heavy atom. The van der Waals surface area contributed by atoms with Gasteiger partial charge in [0.05, 0.1) is 11.9 Å². The van der Waals surface area contributed by atoms with Crippen LogP contribution in [0.1, 0.15) is 62.3 Å². The Bertz CT molecular complexity index is 499. The molecule has 21 heavy (non-hydrogen) atoms. The van der Waals surface area contributed by atoms with Crippen molar-refractivity contribution < 1.29 is 4.79 Å². The van der Waals surface area contributed by atoms with Crippen LogP contribution in [0.4, 0.5) is 5.69 Å². The lowest BCUT2D eigenvalue weighted by molar-refractivity contribution is 0.0701. The predicted octanol–water partition coefficient (Wildman–Crippen LogP) is 2.15. The van der Waals surface area contributed by atoms with Crippen LogP contribution in [0.15, 0.2) is 6.20 Å². The maximum absolute atomic E-state index is 12.7. The van der Waals surface area contributed by atoms with Gasteiger partial charge in [0.15, 0.2) is 5.69 Å². The summed E-state index contributed by atoms with van der Waals surface area (Å²) >= 11 is 0. The predicted molar refractivity (Wildman–Crippen MR) is 82.8 cm³/mol. The average Bonchev–Trinajstić information content (AvgIpc) is 2.45. The van der Waals surface area contributed by atoms with Crippen LogP contribution in [0.2, 0.25) is 0 Å². The van der Waals surface area contributed by atoms with E-state index in [1.54, 1.807) is 6.20 Å². The fraction of sp³-hybridized carbons (Fsp3) is 0.667. The van der Waals surface area contributed by atoms with Crippen molar-refractivity contribution in [2.75, 3.05) is 18.5 Å².